The van der Waals surface area contributed by atoms with Crippen molar-refractivity contribution in [2.24, 2.45) is 7.05 Å². The Morgan fingerprint density at radius 2 is 2.25 bits per heavy atom. The monoisotopic (exact) mass is 167 g/mol. The second kappa shape index (κ2) is 3.21. The topological polar surface area (TPSA) is 59.3 Å². The maximum absolute atomic E-state index is 10.7. The minimum atomic E-state index is -1.38. The zero-order valence-electron chi connectivity index (χ0n) is 6.65. The molecule has 0 radical (unpaired) electrons. The third-order valence-corrected chi connectivity index (χ3v) is 1.63. The van der Waals surface area contributed by atoms with Crippen LogP contribution in [0.15, 0.2) is 18.3 Å². The van der Waals surface area contributed by atoms with Crippen molar-refractivity contribution in [1.82, 2.24) is 4.57 Å². The number of hydrogen-bond donors (Lipinski definition) is 1. The van der Waals surface area contributed by atoms with Gasteiger partial charge in [0.25, 0.3) is 0 Å². The highest BCUT2D eigenvalue weighted by Gasteiger charge is 2.12. The fourth-order valence-electron chi connectivity index (χ4n) is 0.920. The molecule has 64 valence electrons. The lowest BCUT2D eigenvalue weighted by Gasteiger charge is -1.98. The van der Waals surface area contributed by atoms with Gasteiger partial charge in [0.05, 0.1) is 6.42 Å². The van der Waals surface area contributed by atoms with E-state index in [1.165, 1.54) is 0 Å². The number of Topliss-reactive ketones (excluding diaryl/α,β-unsaturated/α-hetero) is 1. The van der Waals surface area contributed by atoms with Crippen LogP contribution in [-0.4, -0.2) is 21.4 Å². The van der Waals surface area contributed by atoms with Crippen LogP contribution in [0.25, 0.3) is 0 Å². The van der Waals surface area contributed by atoms with E-state index < -0.39 is 11.8 Å². The maximum atomic E-state index is 10.7. The van der Waals surface area contributed by atoms with Gasteiger partial charge < -0.3 is 9.67 Å². The number of carboxylic acids is 1. The Morgan fingerprint density at radius 3 is 2.67 bits per heavy atom. The number of carbonyl (C=O) groups is 2. The van der Waals surface area contributed by atoms with Gasteiger partial charge in [0, 0.05) is 18.9 Å². The maximum Gasteiger partial charge on any atom is 0.372 e. The van der Waals surface area contributed by atoms with Crippen molar-refractivity contribution in [2.45, 2.75) is 6.42 Å². The Hall–Kier alpha value is -1.58. The van der Waals surface area contributed by atoms with Crippen LogP contribution in [0.4, 0.5) is 0 Å². The summed E-state index contributed by atoms with van der Waals surface area (Å²) >= 11 is 0. The van der Waals surface area contributed by atoms with Gasteiger partial charge in [-0.15, -0.1) is 0 Å². The quantitative estimate of drug-likeness (QED) is 0.655. The van der Waals surface area contributed by atoms with Gasteiger partial charge in [-0.2, -0.15) is 0 Å². The second-order valence-corrected chi connectivity index (χ2v) is 2.52. The van der Waals surface area contributed by atoms with E-state index in [0.29, 0.717) is 5.69 Å². The average Bonchev–Trinajstić information content (AvgIpc) is 2.36. The molecule has 1 aromatic rings. The molecule has 4 nitrogen and oxygen atoms in total. The number of ketones is 1. The molecule has 0 aliphatic carbocycles. The van der Waals surface area contributed by atoms with Crippen LogP contribution < -0.4 is 0 Å². The minimum Gasteiger partial charge on any atom is -0.475 e. The van der Waals surface area contributed by atoms with Crippen molar-refractivity contribution < 1.29 is 14.7 Å². The van der Waals surface area contributed by atoms with Gasteiger partial charge in [-0.25, -0.2) is 4.79 Å². The SMILES string of the molecule is Cn1cccc1CC(=O)C(=O)O. The summed E-state index contributed by atoms with van der Waals surface area (Å²) in [6.07, 6.45) is 1.73. The predicted octanol–water partition coefficient (Wildman–Crippen LogP) is 0.221. The van der Waals surface area contributed by atoms with Crippen molar-refractivity contribution in [1.29, 1.82) is 0 Å². The molecule has 1 aromatic heterocycles. The largest absolute Gasteiger partial charge is 0.475 e. The number of hydrogen-bond acceptors (Lipinski definition) is 2. The number of aliphatic carboxylic acids is 1. The molecule has 0 amide bonds. The number of aromatic nitrogens is 1. The van der Waals surface area contributed by atoms with E-state index in [2.05, 4.69) is 0 Å². The molecule has 1 N–H and O–H groups in total. The number of rotatable bonds is 3. The fourth-order valence-corrected chi connectivity index (χ4v) is 0.920. The number of nitrogens with zero attached hydrogens (tertiary/aromatic N) is 1. The van der Waals surface area contributed by atoms with E-state index in [4.69, 9.17) is 5.11 Å². The summed E-state index contributed by atoms with van der Waals surface area (Å²) in [7, 11) is 1.77. The van der Waals surface area contributed by atoms with E-state index in [-0.39, 0.29) is 6.42 Å². The molecule has 0 saturated heterocycles. The van der Waals surface area contributed by atoms with Gasteiger partial charge in [0.2, 0.25) is 5.78 Å². The van der Waals surface area contributed by atoms with E-state index in [9.17, 15) is 9.59 Å². The highest BCUT2D eigenvalue weighted by Crippen LogP contribution is 2.00. The number of aryl methyl sites for hydroxylation is 1. The molecular formula is C8H9NO3. The normalized spacial score (nSPS) is 9.75. The number of carboxylic acid groups (broad SMARTS) is 1. The summed E-state index contributed by atoms with van der Waals surface area (Å²) in [5.41, 5.74) is 0.711. The molecule has 12 heavy (non-hydrogen) atoms. The van der Waals surface area contributed by atoms with Crippen molar-refractivity contribution in [3.8, 4) is 0 Å². The van der Waals surface area contributed by atoms with Crippen molar-refractivity contribution in [2.75, 3.05) is 0 Å². The van der Waals surface area contributed by atoms with Crippen LogP contribution in [0.3, 0.4) is 0 Å². The molecule has 0 spiro atoms. The van der Waals surface area contributed by atoms with E-state index >= 15 is 0 Å². The summed E-state index contributed by atoms with van der Waals surface area (Å²) in [5.74, 6) is -2.16. The van der Waals surface area contributed by atoms with Gasteiger partial charge in [-0.05, 0) is 12.1 Å². The Labute approximate surface area is 69.4 Å². The summed E-state index contributed by atoms with van der Waals surface area (Å²) in [6, 6.07) is 3.49. The third-order valence-electron chi connectivity index (χ3n) is 1.63. The van der Waals surface area contributed by atoms with E-state index in [1.54, 1.807) is 29.9 Å². The second-order valence-electron chi connectivity index (χ2n) is 2.52. The lowest BCUT2D eigenvalue weighted by atomic mass is 10.2. The lowest BCUT2D eigenvalue weighted by molar-refractivity contribution is -0.148. The molecule has 1 rings (SSSR count). The van der Waals surface area contributed by atoms with Crippen LogP contribution in [-0.2, 0) is 23.1 Å². The van der Waals surface area contributed by atoms with Crippen molar-refractivity contribution >= 4 is 11.8 Å². The predicted molar refractivity (Wildman–Crippen MR) is 41.8 cm³/mol. The first-order chi connectivity index (χ1) is 5.61. The molecule has 0 aliphatic heterocycles. The molecule has 4 heteroatoms. The Morgan fingerprint density at radius 1 is 1.58 bits per heavy atom. The first-order valence-corrected chi connectivity index (χ1v) is 3.47. The van der Waals surface area contributed by atoms with Crippen LogP contribution in [0.2, 0.25) is 0 Å². The number of carbonyl (C=O) groups excluding carboxylic acids is 1. The zero-order valence-corrected chi connectivity index (χ0v) is 6.65. The Bertz CT molecular complexity index is 314. The molecule has 0 aromatic carbocycles. The summed E-state index contributed by atoms with van der Waals surface area (Å²) in [5, 5.41) is 8.31. The van der Waals surface area contributed by atoms with Crippen LogP contribution in [0.5, 0.6) is 0 Å². The van der Waals surface area contributed by atoms with E-state index in [1.807, 2.05) is 0 Å². The van der Waals surface area contributed by atoms with Gasteiger partial charge in [0.1, 0.15) is 0 Å². The standard InChI is InChI=1S/C8H9NO3/c1-9-4-2-3-6(9)5-7(10)8(11)12/h2-4H,5H2,1H3,(H,11,12). The Balaban J connectivity index is 2.71. The van der Waals surface area contributed by atoms with Gasteiger partial charge in [0.15, 0.2) is 0 Å². The molecule has 1 heterocycles. The molecule has 0 saturated carbocycles. The fraction of sp³-hybridized carbons (Fsp3) is 0.250. The van der Waals surface area contributed by atoms with Crippen molar-refractivity contribution in [3.63, 3.8) is 0 Å². The molecule has 0 atom stereocenters. The molecular weight excluding hydrogens is 158 g/mol. The average molecular weight is 167 g/mol. The summed E-state index contributed by atoms with van der Waals surface area (Å²) in [4.78, 5) is 20.9. The lowest BCUT2D eigenvalue weighted by Crippen LogP contribution is -2.16. The van der Waals surface area contributed by atoms with Crippen LogP contribution in [0, 0.1) is 0 Å². The first kappa shape index (κ1) is 8.52. The molecule has 0 fully saturated rings. The third kappa shape index (κ3) is 1.72. The highest BCUT2D eigenvalue weighted by atomic mass is 16.4. The van der Waals surface area contributed by atoms with Gasteiger partial charge in [-0.1, -0.05) is 0 Å². The van der Waals surface area contributed by atoms with Gasteiger partial charge >= 0.3 is 5.97 Å². The molecule has 0 bridgehead atoms. The molecule has 0 aliphatic rings. The minimum absolute atomic E-state index is 0.0428. The smallest absolute Gasteiger partial charge is 0.372 e. The first-order valence-electron chi connectivity index (χ1n) is 3.47. The van der Waals surface area contributed by atoms with Gasteiger partial charge in [-0.3, -0.25) is 4.79 Å². The highest BCUT2D eigenvalue weighted by molar-refractivity contribution is 6.33. The Kier molecular flexibility index (Phi) is 2.28. The van der Waals surface area contributed by atoms with Crippen molar-refractivity contribution in [3.05, 3.63) is 24.0 Å². The summed E-state index contributed by atoms with van der Waals surface area (Å²) < 4.78 is 1.72. The molecule has 0 unspecified atom stereocenters. The van der Waals surface area contributed by atoms with E-state index in [0.717, 1.165) is 0 Å². The summed E-state index contributed by atoms with van der Waals surface area (Å²) in [6.45, 7) is 0. The van der Waals surface area contributed by atoms with Crippen LogP contribution in [0.1, 0.15) is 5.69 Å². The zero-order chi connectivity index (χ0) is 9.14. The van der Waals surface area contributed by atoms with Crippen LogP contribution >= 0.6 is 0 Å².